The monoisotopic (exact) mass is 234 g/mol. The Hall–Kier alpha value is -2.37. The number of nitrogens with one attached hydrogen (secondary N) is 2. The number of imidazole rings is 1. The lowest BCUT2D eigenvalue weighted by Crippen LogP contribution is -2.23. The molecule has 4 N–H and O–H groups in total. The number of carbonyl (C=O) groups is 1. The van der Waals surface area contributed by atoms with Crippen molar-refractivity contribution in [1.82, 2.24) is 15.3 Å². The zero-order valence-corrected chi connectivity index (χ0v) is 8.90. The van der Waals surface area contributed by atoms with Crippen LogP contribution in [0.25, 0.3) is 0 Å². The van der Waals surface area contributed by atoms with Gasteiger partial charge in [-0.05, 0) is 18.2 Å². The number of nitrogens with zero attached hydrogens (tertiary/aromatic N) is 1. The Kier molecular flexibility index (Phi) is 3.04. The molecule has 0 fully saturated rings. The topological polar surface area (TPSA) is 83.8 Å². The number of aromatic amines is 1. The maximum Gasteiger partial charge on any atom is 0.251 e. The summed E-state index contributed by atoms with van der Waals surface area (Å²) in [6.07, 6.45) is 3.14. The van der Waals surface area contributed by atoms with Crippen LogP contribution < -0.4 is 11.1 Å². The lowest BCUT2D eigenvalue weighted by molar-refractivity contribution is 0.0950. The highest BCUT2D eigenvalue weighted by Crippen LogP contribution is 2.12. The van der Waals surface area contributed by atoms with Crippen LogP contribution >= 0.6 is 0 Å². The molecule has 1 heterocycles. The van der Waals surface area contributed by atoms with E-state index in [9.17, 15) is 9.18 Å². The second kappa shape index (κ2) is 4.65. The van der Waals surface area contributed by atoms with Crippen LogP contribution in [0.15, 0.2) is 30.7 Å². The van der Waals surface area contributed by atoms with Crippen LogP contribution in [0.1, 0.15) is 16.1 Å². The number of nitrogens with two attached hydrogens (primary N) is 1. The molecule has 88 valence electrons. The highest BCUT2D eigenvalue weighted by atomic mass is 19.1. The molecule has 2 rings (SSSR count). The number of hydrogen-bond acceptors (Lipinski definition) is 3. The average molecular weight is 234 g/mol. The van der Waals surface area contributed by atoms with E-state index in [0.29, 0.717) is 12.1 Å². The number of rotatable bonds is 3. The SMILES string of the molecule is Nc1cc(C(=O)NCc2cnc[nH]2)ccc1F. The molecule has 0 saturated carbocycles. The summed E-state index contributed by atoms with van der Waals surface area (Å²) in [7, 11) is 0. The van der Waals surface area contributed by atoms with E-state index >= 15 is 0 Å². The Labute approximate surface area is 96.9 Å². The van der Waals surface area contributed by atoms with Crippen molar-refractivity contribution in [3.8, 4) is 0 Å². The second-order valence-electron chi connectivity index (χ2n) is 3.50. The fraction of sp³-hybridized carbons (Fsp3) is 0.0909. The number of amides is 1. The molecule has 1 aromatic carbocycles. The fourth-order valence-electron chi connectivity index (χ4n) is 1.34. The van der Waals surface area contributed by atoms with E-state index in [-0.39, 0.29) is 11.6 Å². The molecule has 0 atom stereocenters. The Bertz CT molecular complexity index is 524. The molecule has 0 aliphatic carbocycles. The summed E-state index contributed by atoms with van der Waals surface area (Å²) in [5, 5.41) is 2.66. The van der Waals surface area contributed by atoms with E-state index in [2.05, 4.69) is 15.3 Å². The summed E-state index contributed by atoms with van der Waals surface area (Å²) in [6.45, 7) is 0.329. The summed E-state index contributed by atoms with van der Waals surface area (Å²) in [6, 6.07) is 3.85. The van der Waals surface area contributed by atoms with Crippen molar-refractivity contribution in [3.05, 3.63) is 47.8 Å². The van der Waals surface area contributed by atoms with Crippen LogP contribution in [0.5, 0.6) is 0 Å². The minimum Gasteiger partial charge on any atom is -0.396 e. The van der Waals surface area contributed by atoms with E-state index in [4.69, 9.17) is 5.73 Å². The van der Waals surface area contributed by atoms with Crippen LogP contribution in [0.3, 0.4) is 0 Å². The normalized spacial score (nSPS) is 10.2. The van der Waals surface area contributed by atoms with E-state index in [1.165, 1.54) is 24.5 Å². The van der Waals surface area contributed by atoms with Crippen molar-refractivity contribution >= 4 is 11.6 Å². The third kappa shape index (κ3) is 2.60. The number of aromatic nitrogens is 2. The quantitative estimate of drug-likeness (QED) is 0.694. The van der Waals surface area contributed by atoms with Crippen molar-refractivity contribution in [1.29, 1.82) is 0 Å². The summed E-state index contributed by atoms with van der Waals surface area (Å²) >= 11 is 0. The minimum absolute atomic E-state index is 0.0424. The third-order valence-corrected chi connectivity index (χ3v) is 2.25. The molecule has 0 spiro atoms. The average Bonchev–Trinajstić information content (AvgIpc) is 2.82. The van der Waals surface area contributed by atoms with Gasteiger partial charge in [-0.1, -0.05) is 0 Å². The Morgan fingerprint density at radius 3 is 3.00 bits per heavy atom. The standard InChI is InChI=1S/C11H11FN4O/c12-9-2-1-7(3-10(9)13)11(17)15-5-8-4-14-6-16-8/h1-4,6H,5,13H2,(H,14,16)(H,15,17). The number of H-pyrrole nitrogens is 1. The van der Waals surface area contributed by atoms with E-state index in [1.807, 2.05) is 0 Å². The second-order valence-corrected chi connectivity index (χ2v) is 3.50. The number of nitrogen functional groups attached to an aromatic ring is 1. The van der Waals surface area contributed by atoms with Gasteiger partial charge in [0.15, 0.2) is 0 Å². The molecular formula is C11H11FN4O. The molecule has 1 aromatic heterocycles. The van der Waals surface area contributed by atoms with Crippen molar-refractivity contribution in [2.24, 2.45) is 0 Å². The maximum absolute atomic E-state index is 12.9. The zero-order chi connectivity index (χ0) is 12.3. The van der Waals surface area contributed by atoms with Crippen molar-refractivity contribution in [3.63, 3.8) is 0 Å². The van der Waals surface area contributed by atoms with Crippen LogP contribution in [0.2, 0.25) is 0 Å². The third-order valence-electron chi connectivity index (χ3n) is 2.25. The van der Waals surface area contributed by atoms with Crippen LogP contribution in [0, 0.1) is 5.82 Å². The van der Waals surface area contributed by atoms with Crippen molar-refractivity contribution < 1.29 is 9.18 Å². The number of hydrogen-bond donors (Lipinski definition) is 3. The van der Waals surface area contributed by atoms with Gasteiger partial charge in [0.05, 0.1) is 24.3 Å². The predicted octanol–water partition coefficient (Wildman–Crippen LogP) is 1.06. The first kappa shape index (κ1) is 11.1. The Balaban J connectivity index is 2.02. The van der Waals surface area contributed by atoms with Gasteiger partial charge < -0.3 is 16.0 Å². The van der Waals surface area contributed by atoms with Crippen LogP contribution in [-0.2, 0) is 6.54 Å². The van der Waals surface area contributed by atoms with Gasteiger partial charge in [-0.3, -0.25) is 4.79 Å². The molecule has 0 aliphatic rings. The highest BCUT2D eigenvalue weighted by Gasteiger charge is 2.07. The van der Waals surface area contributed by atoms with Gasteiger partial charge in [0.2, 0.25) is 0 Å². The summed E-state index contributed by atoms with van der Waals surface area (Å²) < 4.78 is 12.9. The molecule has 1 amide bonds. The largest absolute Gasteiger partial charge is 0.396 e. The highest BCUT2D eigenvalue weighted by molar-refractivity contribution is 5.94. The zero-order valence-electron chi connectivity index (χ0n) is 8.90. The van der Waals surface area contributed by atoms with Gasteiger partial charge in [-0.2, -0.15) is 0 Å². The Morgan fingerprint density at radius 1 is 1.53 bits per heavy atom. The van der Waals surface area contributed by atoms with E-state index in [0.717, 1.165) is 5.69 Å². The van der Waals surface area contributed by atoms with Crippen LogP contribution in [-0.4, -0.2) is 15.9 Å². The van der Waals surface area contributed by atoms with Gasteiger partial charge in [0, 0.05) is 11.8 Å². The Morgan fingerprint density at radius 2 is 2.35 bits per heavy atom. The first-order chi connectivity index (χ1) is 8.16. The fourth-order valence-corrected chi connectivity index (χ4v) is 1.34. The molecule has 17 heavy (non-hydrogen) atoms. The molecule has 0 unspecified atom stereocenters. The van der Waals surface area contributed by atoms with Gasteiger partial charge >= 0.3 is 0 Å². The minimum atomic E-state index is -0.532. The summed E-state index contributed by atoms with van der Waals surface area (Å²) in [5.41, 5.74) is 6.44. The number of benzene rings is 1. The molecular weight excluding hydrogens is 223 g/mol. The van der Waals surface area contributed by atoms with Crippen molar-refractivity contribution in [2.45, 2.75) is 6.54 Å². The first-order valence-corrected chi connectivity index (χ1v) is 4.97. The number of anilines is 1. The molecule has 0 aliphatic heterocycles. The predicted molar refractivity (Wildman–Crippen MR) is 60.6 cm³/mol. The van der Waals surface area contributed by atoms with Gasteiger partial charge in [0.25, 0.3) is 5.91 Å². The first-order valence-electron chi connectivity index (χ1n) is 4.97. The molecule has 5 nitrogen and oxygen atoms in total. The summed E-state index contributed by atoms with van der Waals surface area (Å²) in [4.78, 5) is 18.4. The smallest absolute Gasteiger partial charge is 0.251 e. The van der Waals surface area contributed by atoms with E-state index in [1.54, 1.807) is 6.20 Å². The van der Waals surface area contributed by atoms with Gasteiger partial charge in [-0.15, -0.1) is 0 Å². The summed E-state index contributed by atoms with van der Waals surface area (Å²) in [5.74, 6) is -0.846. The molecule has 0 saturated heterocycles. The molecule has 2 aromatic rings. The molecule has 0 radical (unpaired) electrons. The van der Waals surface area contributed by atoms with Crippen molar-refractivity contribution in [2.75, 3.05) is 5.73 Å². The maximum atomic E-state index is 12.9. The van der Waals surface area contributed by atoms with Gasteiger partial charge in [-0.25, -0.2) is 9.37 Å². The molecule has 6 heteroatoms. The number of halogens is 1. The lowest BCUT2D eigenvalue weighted by Gasteiger charge is -2.04. The van der Waals surface area contributed by atoms with Gasteiger partial charge in [0.1, 0.15) is 5.82 Å². The number of carbonyl (C=O) groups excluding carboxylic acids is 1. The van der Waals surface area contributed by atoms with E-state index < -0.39 is 5.82 Å². The molecule has 0 bridgehead atoms. The van der Waals surface area contributed by atoms with Crippen LogP contribution in [0.4, 0.5) is 10.1 Å². The lowest BCUT2D eigenvalue weighted by atomic mass is 10.2.